The molecule has 1 aliphatic rings. The van der Waals surface area contributed by atoms with Gasteiger partial charge in [-0.15, -0.1) is 11.8 Å². The average molecular weight is 309 g/mol. The molecule has 1 aromatic heterocycles. The molecule has 0 aliphatic heterocycles. The molecule has 0 radical (unpaired) electrons. The molecule has 1 aromatic carbocycles. The Labute approximate surface area is 125 Å². The number of carbonyl (C=O) groups excluding carboxylic acids is 1. The molecule has 1 atom stereocenters. The fourth-order valence-corrected chi connectivity index (χ4v) is 3.33. The number of halogens is 1. The van der Waals surface area contributed by atoms with Crippen molar-refractivity contribution in [1.82, 2.24) is 10.1 Å². The molecule has 0 N–H and O–H groups in total. The van der Waals surface area contributed by atoms with Gasteiger partial charge in [-0.1, -0.05) is 28.9 Å². The quantitative estimate of drug-likeness (QED) is 0.803. The van der Waals surface area contributed by atoms with Crippen molar-refractivity contribution in [2.75, 3.05) is 0 Å². The SMILES string of the molecule is O=C1CCCC1c1nc(CSc2ccccc2Cl)no1. The van der Waals surface area contributed by atoms with Crippen molar-refractivity contribution in [3.63, 3.8) is 0 Å². The maximum atomic E-state index is 11.7. The monoisotopic (exact) mass is 308 g/mol. The van der Waals surface area contributed by atoms with Gasteiger partial charge in [0.1, 0.15) is 5.78 Å². The molecule has 2 aromatic rings. The van der Waals surface area contributed by atoms with Gasteiger partial charge < -0.3 is 4.52 Å². The molecular formula is C14H13ClN2O2S. The van der Waals surface area contributed by atoms with Crippen molar-refractivity contribution < 1.29 is 9.32 Å². The van der Waals surface area contributed by atoms with E-state index in [0.29, 0.717) is 28.9 Å². The van der Waals surface area contributed by atoms with Crippen LogP contribution in [0.5, 0.6) is 0 Å². The second-order valence-corrected chi connectivity index (χ2v) is 6.10. The second kappa shape index (κ2) is 5.97. The summed E-state index contributed by atoms with van der Waals surface area (Å²) in [5.41, 5.74) is 0. The van der Waals surface area contributed by atoms with Crippen LogP contribution in [0.1, 0.15) is 36.9 Å². The third kappa shape index (κ3) is 2.88. The largest absolute Gasteiger partial charge is 0.339 e. The summed E-state index contributed by atoms with van der Waals surface area (Å²) >= 11 is 7.64. The summed E-state index contributed by atoms with van der Waals surface area (Å²) in [4.78, 5) is 17.0. The lowest BCUT2D eigenvalue weighted by Crippen LogP contribution is -2.04. The van der Waals surface area contributed by atoms with Crippen LogP contribution >= 0.6 is 23.4 Å². The maximum absolute atomic E-state index is 11.7. The highest BCUT2D eigenvalue weighted by Crippen LogP contribution is 2.32. The molecule has 0 spiro atoms. The van der Waals surface area contributed by atoms with Crippen LogP contribution in [-0.4, -0.2) is 15.9 Å². The summed E-state index contributed by atoms with van der Waals surface area (Å²) in [6, 6.07) is 7.63. The van der Waals surface area contributed by atoms with E-state index in [4.69, 9.17) is 16.1 Å². The van der Waals surface area contributed by atoms with E-state index in [9.17, 15) is 4.79 Å². The van der Waals surface area contributed by atoms with Crippen LogP contribution in [0.3, 0.4) is 0 Å². The van der Waals surface area contributed by atoms with Gasteiger partial charge in [-0.25, -0.2) is 0 Å². The van der Waals surface area contributed by atoms with E-state index in [0.717, 1.165) is 17.7 Å². The summed E-state index contributed by atoms with van der Waals surface area (Å²) in [6.45, 7) is 0. The van der Waals surface area contributed by atoms with Crippen LogP contribution < -0.4 is 0 Å². The molecule has 20 heavy (non-hydrogen) atoms. The molecule has 3 rings (SSSR count). The minimum Gasteiger partial charge on any atom is -0.339 e. The molecule has 4 nitrogen and oxygen atoms in total. The van der Waals surface area contributed by atoms with E-state index in [2.05, 4.69) is 10.1 Å². The van der Waals surface area contributed by atoms with Crippen molar-refractivity contribution in [3.05, 3.63) is 41.0 Å². The number of carbonyl (C=O) groups is 1. The summed E-state index contributed by atoms with van der Waals surface area (Å²) < 4.78 is 5.21. The van der Waals surface area contributed by atoms with Gasteiger partial charge in [0.25, 0.3) is 0 Å². The number of aromatic nitrogens is 2. The first kappa shape index (κ1) is 13.6. The number of hydrogen-bond donors (Lipinski definition) is 0. The van der Waals surface area contributed by atoms with Crippen molar-refractivity contribution >= 4 is 29.1 Å². The molecule has 6 heteroatoms. The van der Waals surface area contributed by atoms with E-state index in [-0.39, 0.29) is 11.7 Å². The summed E-state index contributed by atoms with van der Waals surface area (Å²) in [6.07, 6.45) is 2.35. The van der Waals surface area contributed by atoms with E-state index >= 15 is 0 Å². The van der Waals surface area contributed by atoms with Crippen LogP contribution in [0.15, 0.2) is 33.7 Å². The predicted octanol–water partition coefficient (Wildman–Crippen LogP) is 3.85. The van der Waals surface area contributed by atoms with Crippen molar-refractivity contribution in [2.45, 2.75) is 35.8 Å². The molecule has 1 saturated carbocycles. The topological polar surface area (TPSA) is 56.0 Å². The first-order chi connectivity index (χ1) is 9.74. The van der Waals surface area contributed by atoms with Gasteiger partial charge in [-0.3, -0.25) is 4.79 Å². The molecule has 1 heterocycles. The number of hydrogen-bond acceptors (Lipinski definition) is 5. The molecular weight excluding hydrogens is 296 g/mol. The molecule has 0 saturated heterocycles. The van der Waals surface area contributed by atoms with Gasteiger partial charge in [-0.2, -0.15) is 4.98 Å². The third-order valence-corrected chi connectivity index (χ3v) is 4.79. The van der Waals surface area contributed by atoms with Gasteiger partial charge in [-0.05, 0) is 25.0 Å². The van der Waals surface area contributed by atoms with E-state index in [1.807, 2.05) is 24.3 Å². The lowest BCUT2D eigenvalue weighted by molar-refractivity contribution is -0.119. The predicted molar refractivity (Wildman–Crippen MR) is 76.9 cm³/mol. The van der Waals surface area contributed by atoms with Crippen LogP contribution in [0.25, 0.3) is 0 Å². The van der Waals surface area contributed by atoms with Crippen molar-refractivity contribution in [1.29, 1.82) is 0 Å². The van der Waals surface area contributed by atoms with E-state index in [1.54, 1.807) is 11.8 Å². The number of Topliss-reactive ketones (excluding diaryl/α,β-unsaturated/α-hetero) is 1. The Bertz CT molecular complexity index is 629. The summed E-state index contributed by atoms with van der Waals surface area (Å²) in [5, 5.41) is 4.65. The molecule has 0 bridgehead atoms. The van der Waals surface area contributed by atoms with Crippen LogP contribution in [0, 0.1) is 0 Å². The zero-order chi connectivity index (χ0) is 13.9. The zero-order valence-electron chi connectivity index (χ0n) is 10.7. The average Bonchev–Trinajstić information content (AvgIpc) is 3.06. The highest BCUT2D eigenvalue weighted by Gasteiger charge is 2.30. The molecule has 104 valence electrons. The van der Waals surface area contributed by atoms with Crippen LogP contribution in [-0.2, 0) is 10.5 Å². The smallest absolute Gasteiger partial charge is 0.237 e. The number of ketones is 1. The van der Waals surface area contributed by atoms with E-state index < -0.39 is 0 Å². The first-order valence-corrected chi connectivity index (χ1v) is 7.83. The van der Waals surface area contributed by atoms with Gasteiger partial charge in [0.15, 0.2) is 5.82 Å². The molecule has 1 aliphatic carbocycles. The minimum absolute atomic E-state index is 0.193. The Hall–Kier alpha value is -1.33. The minimum atomic E-state index is -0.193. The van der Waals surface area contributed by atoms with Gasteiger partial charge in [0, 0.05) is 11.3 Å². The fourth-order valence-electron chi connectivity index (χ4n) is 2.25. The van der Waals surface area contributed by atoms with Crippen LogP contribution in [0.2, 0.25) is 5.02 Å². The van der Waals surface area contributed by atoms with E-state index in [1.165, 1.54) is 0 Å². The summed E-state index contributed by atoms with van der Waals surface area (Å²) in [5.74, 6) is 1.65. The third-order valence-electron chi connectivity index (χ3n) is 3.28. The first-order valence-electron chi connectivity index (χ1n) is 6.46. The van der Waals surface area contributed by atoms with Crippen LogP contribution in [0.4, 0.5) is 0 Å². The lowest BCUT2D eigenvalue weighted by Gasteiger charge is -2.00. The number of nitrogens with zero attached hydrogens (tertiary/aromatic N) is 2. The zero-order valence-corrected chi connectivity index (χ0v) is 12.3. The highest BCUT2D eigenvalue weighted by atomic mass is 35.5. The maximum Gasteiger partial charge on any atom is 0.237 e. The second-order valence-electron chi connectivity index (χ2n) is 4.68. The Balaban J connectivity index is 1.66. The Kier molecular flexibility index (Phi) is 4.08. The molecule has 1 unspecified atom stereocenters. The Morgan fingerprint density at radius 2 is 2.25 bits per heavy atom. The number of thioether (sulfide) groups is 1. The highest BCUT2D eigenvalue weighted by molar-refractivity contribution is 7.98. The Morgan fingerprint density at radius 3 is 3.00 bits per heavy atom. The standard InChI is InChI=1S/C14H13ClN2O2S/c15-10-5-1-2-7-12(10)20-8-13-16-14(19-17-13)9-4-3-6-11(9)18/h1-2,5,7,9H,3-4,6,8H2. The summed E-state index contributed by atoms with van der Waals surface area (Å²) in [7, 11) is 0. The van der Waals surface area contributed by atoms with Gasteiger partial charge in [0.05, 0.1) is 16.7 Å². The number of rotatable bonds is 4. The van der Waals surface area contributed by atoms with Gasteiger partial charge >= 0.3 is 0 Å². The Morgan fingerprint density at radius 1 is 1.40 bits per heavy atom. The molecule has 0 amide bonds. The lowest BCUT2D eigenvalue weighted by atomic mass is 10.1. The van der Waals surface area contributed by atoms with Crippen molar-refractivity contribution in [2.24, 2.45) is 0 Å². The fraction of sp³-hybridized carbons (Fsp3) is 0.357. The van der Waals surface area contributed by atoms with Gasteiger partial charge in [0.2, 0.25) is 5.89 Å². The van der Waals surface area contributed by atoms with Crippen molar-refractivity contribution in [3.8, 4) is 0 Å². The molecule has 1 fully saturated rings. The number of benzene rings is 1. The normalized spacial score (nSPS) is 18.6.